The van der Waals surface area contributed by atoms with Gasteiger partial charge in [-0.3, -0.25) is 9.78 Å². The van der Waals surface area contributed by atoms with Gasteiger partial charge in [0.15, 0.2) is 0 Å². The average molecular weight is 178 g/mol. The molecule has 1 fully saturated rings. The Morgan fingerprint density at radius 1 is 1.62 bits per heavy atom. The number of rotatable bonds is 2. The molecule has 1 saturated carbocycles. The minimum atomic E-state index is 0.00984. The van der Waals surface area contributed by atoms with Gasteiger partial charge < -0.3 is 4.57 Å². The van der Waals surface area contributed by atoms with Gasteiger partial charge in [-0.25, -0.2) is 0 Å². The fraction of sp³-hybridized carbons (Fsp3) is 0.600. The molecule has 0 radical (unpaired) electrons. The van der Waals surface area contributed by atoms with Crippen molar-refractivity contribution in [1.29, 1.82) is 0 Å². The van der Waals surface area contributed by atoms with Crippen molar-refractivity contribution in [3.8, 4) is 0 Å². The predicted octanol–water partition coefficient (Wildman–Crippen LogP) is 1.43. The molecule has 2 rings (SSSR count). The van der Waals surface area contributed by atoms with E-state index in [-0.39, 0.29) is 5.56 Å². The first-order valence-electron chi connectivity index (χ1n) is 4.70. The molecule has 0 aliphatic heterocycles. The quantitative estimate of drug-likeness (QED) is 0.686. The normalized spacial score (nSPS) is 19.5. The Morgan fingerprint density at radius 2 is 2.38 bits per heavy atom. The van der Waals surface area contributed by atoms with Crippen molar-refractivity contribution in [3.63, 3.8) is 0 Å². The third kappa shape index (κ3) is 1.64. The summed E-state index contributed by atoms with van der Waals surface area (Å²) in [5.41, 5.74) is 0.362. The number of aromatic nitrogens is 2. The van der Waals surface area contributed by atoms with Crippen LogP contribution in [-0.4, -0.2) is 9.55 Å². The molecule has 0 spiro atoms. The lowest BCUT2D eigenvalue weighted by atomic mass is 9.70. The van der Waals surface area contributed by atoms with Crippen molar-refractivity contribution in [2.75, 3.05) is 0 Å². The lowest BCUT2D eigenvalue weighted by Gasteiger charge is -2.38. The summed E-state index contributed by atoms with van der Waals surface area (Å²) in [6.45, 7) is 3.08. The van der Waals surface area contributed by atoms with Crippen LogP contribution in [0, 0.1) is 5.41 Å². The summed E-state index contributed by atoms with van der Waals surface area (Å²) in [4.78, 5) is 15.1. The lowest BCUT2D eigenvalue weighted by Crippen LogP contribution is -2.34. The highest BCUT2D eigenvalue weighted by Crippen LogP contribution is 2.41. The van der Waals surface area contributed by atoms with E-state index in [2.05, 4.69) is 11.9 Å². The average Bonchev–Trinajstić information content (AvgIpc) is 2.06. The number of hydrogen-bond donors (Lipinski definition) is 0. The molecule has 0 N–H and O–H groups in total. The SMILES string of the molecule is CC1(Cn2ccncc2=O)CCC1. The van der Waals surface area contributed by atoms with Gasteiger partial charge in [-0.05, 0) is 18.3 Å². The molecule has 1 aliphatic rings. The lowest BCUT2D eigenvalue weighted by molar-refractivity contribution is 0.130. The molecule has 0 bridgehead atoms. The summed E-state index contributed by atoms with van der Waals surface area (Å²) < 4.78 is 1.76. The van der Waals surface area contributed by atoms with Crippen LogP contribution in [0.25, 0.3) is 0 Å². The molecule has 0 aromatic carbocycles. The molecule has 1 aromatic rings. The first-order valence-corrected chi connectivity index (χ1v) is 4.70. The Labute approximate surface area is 77.4 Å². The number of nitrogens with zero attached hydrogens (tertiary/aromatic N) is 2. The zero-order valence-electron chi connectivity index (χ0n) is 7.86. The zero-order valence-corrected chi connectivity index (χ0v) is 7.86. The van der Waals surface area contributed by atoms with Gasteiger partial charge in [0.05, 0.1) is 6.20 Å². The van der Waals surface area contributed by atoms with E-state index in [1.54, 1.807) is 17.0 Å². The van der Waals surface area contributed by atoms with Gasteiger partial charge >= 0.3 is 0 Å². The van der Waals surface area contributed by atoms with Crippen LogP contribution in [-0.2, 0) is 6.54 Å². The second-order valence-electron chi connectivity index (χ2n) is 4.21. The standard InChI is InChI=1S/C10H14N2O/c1-10(3-2-4-10)8-12-6-5-11-7-9(12)13/h5-7H,2-4,8H2,1H3. The molecule has 0 atom stereocenters. The van der Waals surface area contributed by atoms with Gasteiger partial charge in [0.25, 0.3) is 5.56 Å². The van der Waals surface area contributed by atoms with Crippen molar-refractivity contribution < 1.29 is 0 Å². The summed E-state index contributed by atoms with van der Waals surface area (Å²) in [5, 5.41) is 0. The van der Waals surface area contributed by atoms with E-state index in [1.807, 2.05) is 0 Å². The van der Waals surface area contributed by atoms with Gasteiger partial charge in [-0.1, -0.05) is 13.3 Å². The summed E-state index contributed by atoms with van der Waals surface area (Å²) in [6, 6.07) is 0. The highest BCUT2D eigenvalue weighted by Gasteiger charge is 2.32. The maximum atomic E-state index is 11.3. The van der Waals surface area contributed by atoms with Crippen molar-refractivity contribution >= 4 is 0 Å². The van der Waals surface area contributed by atoms with Crippen LogP contribution in [0.1, 0.15) is 26.2 Å². The van der Waals surface area contributed by atoms with Gasteiger partial charge in [-0.2, -0.15) is 0 Å². The van der Waals surface area contributed by atoms with Crippen LogP contribution in [0.3, 0.4) is 0 Å². The Morgan fingerprint density at radius 3 is 2.92 bits per heavy atom. The third-order valence-electron chi connectivity index (χ3n) is 2.91. The minimum absolute atomic E-state index is 0.00984. The van der Waals surface area contributed by atoms with Crippen LogP contribution in [0.4, 0.5) is 0 Å². The summed E-state index contributed by atoms with van der Waals surface area (Å²) in [6.07, 6.45) is 8.59. The van der Waals surface area contributed by atoms with Crippen LogP contribution < -0.4 is 5.56 Å². The van der Waals surface area contributed by atoms with Crippen LogP contribution in [0.15, 0.2) is 23.4 Å². The van der Waals surface area contributed by atoms with E-state index in [9.17, 15) is 4.79 Å². The third-order valence-corrected chi connectivity index (χ3v) is 2.91. The van der Waals surface area contributed by atoms with Crippen molar-refractivity contribution in [2.24, 2.45) is 5.41 Å². The topological polar surface area (TPSA) is 34.9 Å². The summed E-state index contributed by atoms with van der Waals surface area (Å²) in [5.74, 6) is 0. The Hall–Kier alpha value is -1.12. The summed E-state index contributed by atoms with van der Waals surface area (Å²) in [7, 11) is 0. The highest BCUT2D eigenvalue weighted by atomic mass is 16.1. The second kappa shape index (κ2) is 2.98. The van der Waals surface area contributed by atoms with E-state index in [1.165, 1.54) is 25.5 Å². The number of hydrogen-bond acceptors (Lipinski definition) is 2. The van der Waals surface area contributed by atoms with Gasteiger partial charge in [0.1, 0.15) is 0 Å². The molecule has 3 heteroatoms. The van der Waals surface area contributed by atoms with Crippen LogP contribution in [0.2, 0.25) is 0 Å². The fourth-order valence-electron chi connectivity index (χ4n) is 1.85. The molecular formula is C10H14N2O. The molecule has 3 nitrogen and oxygen atoms in total. The van der Waals surface area contributed by atoms with E-state index in [4.69, 9.17) is 0 Å². The molecule has 1 heterocycles. The predicted molar refractivity (Wildman–Crippen MR) is 50.5 cm³/mol. The van der Waals surface area contributed by atoms with Crippen LogP contribution in [0.5, 0.6) is 0 Å². The minimum Gasteiger partial charge on any atom is -0.312 e. The monoisotopic (exact) mass is 178 g/mol. The Bertz CT molecular complexity index is 352. The zero-order chi connectivity index (χ0) is 9.31. The molecule has 0 saturated heterocycles. The van der Waals surface area contributed by atoms with Crippen molar-refractivity contribution in [3.05, 3.63) is 28.9 Å². The molecule has 1 aromatic heterocycles. The van der Waals surface area contributed by atoms with Gasteiger partial charge in [0.2, 0.25) is 0 Å². The maximum Gasteiger partial charge on any atom is 0.269 e. The highest BCUT2D eigenvalue weighted by molar-refractivity contribution is 4.88. The van der Waals surface area contributed by atoms with Crippen LogP contribution >= 0.6 is 0 Å². The van der Waals surface area contributed by atoms with Crippen molar-refractivity contribution in [2.45, 2.75) is 32.7 Å². The smallest absolute Gasteiger partial charge is 0.269 e. The molecule has 0 amide bonds. The van der Waals surface area contributed by atoms with E-state index < -0.39 is 0 Å². The van der Waals surface area contributed by atoms with Gasteiger partial charge in [0, 0.05) is 18.9 Å². The van der Waals surface area contributed by atoms with E-state index >= 15 is 0 Å². The second-order valence-corrected chi connectivity index (χ2v) is 4.21. The first-order chi connectivity index (χ1) is 6.20. The van der Waals surface area contributed by atoms with Crippen molar-refractivity contribution in [1.82, 2.24) is 9.55 Å². The Balaban J connectivity index is 2.18. The van der Waals surface area contributed by atoms with E-state index in [0.717, 1.165) is 6.54 Å². The molecular weight excluding hydrogens is 164 g/mol. The summed E-state index contributed by atoms with van der Waals surface area (Å²) >= 11 is 0. The molecule has 1 aliphatic carbocycles. The molecule has 0 unspecified atom stereocenters. The maximum absolute atomic E-state index is 11.3. The van der Waals surface area contributed by atoms with Gasteiger partial charge in [-0.15, -0.1) is 0 Å². The van der Waals surface area contributed by atoms with E-state index in [0.29, 0.717) is 5.41 Å². The molecule has 13 heavy (non-hydrogen) atoms. The largest absolute Gasteiger partial charge is 0.312 e. The molecule has 70 valence electrons. The Kier molecular flexibility index (Phi) is 1.94. The first kappa shape index (κ1) is 8.48. The fourth-order valence-corrected chi connectivity index (χ4v) is 1.85.